The van der Waals surface area contributed by atoms with Crippen LogP contribution in [-0.2, 0) is 4.79 Å². The molecule has 0 spiro atoms. The molecule has 5 heteroatoms. The number of nitrogens with zero attached hydrogens (tertiary/aromatic N) is 1. The second kappa shape index (κ2) is 5.97. The summed E-state index contributed by atoms with van der Waals surface area (Å²) in [6, 6.07) is 5.29. The molecule has 0 saturated carbocycles. The summed E-state index contributed by atoms with van der Waals surface area (Å²) in [5, 5.41) is 4.18. The van der Waals surface area contributed by atoms with Crippen molar-refractivity contribution in [2.45, 2.75) is 6.42 Å². The molecule has 16 heavy (non-hydrogen) atoms. The van der Waals surface area contributed by atoms with Crippen molar-refractivity contribution < 1.29 is 4.79 Å². The molecule has 1 amide bonds. The molecular weight excluding hydrogens is 247 g/mol. The summed E-state index contributed by atoms with van der Waals surface area (Å²) in [5.74, 6) is 0.0654. The molecule has 0 radical (unpaired) electrons. The summed E-state index contributed by atoms with van der Waals surface area (Å²) >= 11 is 11.9. The first-order chi connectivity index (χ1) is 7.52. The van der Waals surface area contributed by atoms with Crippen molar-refractivity contribution >= 4 is 34.8 Å². The van der Waals surface area contributed by atoms with Crippen LogP contribution in [0, 0.1) is 0 Å². The Morgan fingerprint density at radius 3 is 2.38 bits per heavy atom. The maximum Gasteiger partial charge on any atom is 0.223 e. The van der Waals surface area contributed by atoms with Crippen LogP contribution in [0.25, 0.3) is 0 Å². The zero-order valence-electron chi connectivity index (χ0n) is 9.26. The Labute approximate surface area is 105 Å². The maximum absolute atomic E-state index is 11.3. The lowest BCUT2D eigenvalue weighted by molar-refractivity contribution is -0.128. The summed E-state index contributed by atoms with van der Waals surface area (Å²) in [4.78, 5) is 12.9. The number of hydrogen-bond donors (Lipinski definition) is 1. The highest BCUT2D eigenvalue weighted by atomic mass is 35.5. The van der Waals surface area contributed by atoms with E-state index in [4.69, 9.17) is 23.2 Å². The van der Waals surface area contributed by atoms with E-state index in [2.05, 4.69) is 5.32 Å². The standard InChI is InChI=1S/C11H14Cl2N2O/c1-15(2)10(16)6-7-14-11-8(12)4-3-5-9(11)13/h3-5,14H,6-7H2,1-2H3. The molecule has 1 N–H and O–H groups in total. The molecule has 1 aromatic rings. The zero-order valence-corrected chi connectivity index (χ0v) is 10.8. The van der Waals surface area contributed by atoms with Crippen molar-refractivity contribution in [3.63, 3.8) is 0 Å². The van der Waals surface area contributed by atoms with Crippen molar-refractivity contribution in [3.05, 3.63) is 28.2 Å². The lowest BCUT2D eigenvalue weighted by atomic mass is 10.3. The number of carbonyl (C=O) groups is 1. The first kappa shape index (κ1) is 13.1. The summed E-state index contributed by atoms with van der Waals surface area (Å²) in [7, 11) is 3.45. The highest BCUT2D eigenvalue weighted by Crippen LogP contribution is 2.29. The molecule has 0 saturated heterocycles. The van der Waals surface area contributed by atoms with Gasteiger partial charge in [-0.15, -0.1) is 0 Å². The van der Waals surface area contributed by atoms with Crippen LogP contribution in [0.1, 0.15) is 6.42 Å². The SMILES string of the molecule is CN(C)C(=O)CCNc1c(Cl)cccc1Cl. The quantitative estimate of drug-likeness (QED) is 0.903. The summed E-state index contributed by atoms with van der Waals surface area (Å²) in [6.45, 7) is 0.514. The molecule has 0 bridgehead atoms. The Morgan fingerprint density at radius 1 is 1.31 bits per heavy atom. The first-order valence-electron chi connectivity index (χ1n) is 4.90. The molecule has 1 rings (SSSR count). The maximum atomic E-state index is 11.3. The molecule has 1 aromatic carbocycles. The molecule has 0 fully saturated rings. The normalized spacial score (nSPS) is 10.0. The van der Waals surface area contributed by atoms with Crippen molar-refractivity contribution in [2.24, 2.45) is 0 Å². The molecule has 88 valence electrons. The first-order valence-corrected chi connectivity index (χ1v) is 5.66. The fourth-order valence-electron chi connectivity index (χ4n) is 1.18. The van der Waals surface area contributed by atoms with Gasteiger partial charge in [0.25, 0.3) is 0 Å². The van der Waals surface area contributed by atoms with Crippen LogP contribution >= 0.6 is 23.2 Å². The molecule has 0 aliphatic rings. The predicted molar refractivity (Wildman–Crippen MR) is 68.3 cm³/mol. The van der Waals surface area contributed by atoms with Gasteiger partial charge in [-0.1, -0.05) is 29.3 Å². The van der Waals surface area contributed by atoms with Gasteiger partial charge in [0.2, 0.25) is 5.91 Å². The number of carbonyl (C=O) groups excluding carboxylic acids is 1. The Hall–Kier alpha value is -0.930. The number of amides is 1. The van der Waals surface area contributed by atoms with Crippen LogP contribution in [-0.4, -0.2) is 31.4 Å². The second-order valence-corrected chi connectivity index (χ2v) is 4.38. The van der Waals surface area contributed by atoms with Gasteiger partial charge in [0.1, 0.15) is 0 Å². The number of anilines is 1. The largest absolute Gasteiger partial charge is 0.382 e. The van der Waals surface area contributed by atoms with Crippen LogP contribution in [0.3, 0.4) is 0 Å². The van der Waals surface area contributed by atoms with E-state index in [1.807, 2.05) is 0 Å². The zero-order chi connectivity index (χ0) is 12.1. The minimum absolute atomic E-state index is 0.0654. The Kier molecular flexibility index (Phi) is 4.90. The third-order valence-corrected chi connectivity index (χ3v) is 2.73. The highest BCUT2D eigenvalue weighted by molar-refractivity contribution is 6.39. The third-order valence-electron chi connectivity index (χ3n) is 2.10. The van der Waals surface area contributed by atoms with E-state index in [0.29, 0.717) is 28.7 Å². The van der Waals surface area contributed by atoms with Crippen LogP contribution in [0.15, 0.2) is 18.2 Å². The topological polar surface area (TPSA) is 32.3 Å². The molecule has 0 unspecified atom stereocenters. The average Bonchev–Trinajstić information content (AvgIpc) is 2.22. The van der Waals surface area contributed by atoms with Gasteiger partial charge in [-0.3, -0.25) is 4.79 Å². The van der Waals surface area contributed by atoms with Crippen LogP contribution in [0.5, 0.6) is 0 Å². The van der Waals surface area contributed by atoms with E-state index in [1.165, 1.54) is 0 Å². The third kappa shape index (κ3) is 3.58. The van der Waals surface area contributed by atoms with E-state index in [1.54, 1.807) is 37.2 Å². The monoisotopic (exact) mass is 260 g/mol. The fourth-order valence-corrected chi connectivity index (χ4v) is 1.72. The lowest BCUT2D eigenvalue weighted by Gasteiger charge is -2.12. The smallest absolute Gasteiger partial charge is 0.223 e. The highest BCUT2D eigenvalue weighted by Gasteiger charge is 2.06. The van der Waals surface area contributed by atoms with Gasteiger partial charge in [-0.05, 0) is 12.1 Å². The summed E-state index contributed by atoms with van der Waals surface area (Å²) in [5.41, 5.74) is 0.678. The van der Waals surface area contributed by atoms with E-state index in [0.717, 1.165) is 0 Å². The van der Waals surface area contributed by atoms with Crippen molar-refractivity contribution in [2.75, 3.05) is 26.0 Å². The Balaban J connectivity index is 2.52. The fraction of sp³-hybridized carbons (Fsp3) is 0.364. The molecule has 0 atom stereocenters. The van der Waals surface area contributed by atoms with Gasteiger partial charge >= 0.3 is 0 Å². The van der Waals surface area contributed by atoms with Crippen molar-refractivity contribution in [1.29, 1.82) is 0 Å². The molecule has 3 nitrogen and oxygen atoms in total. The molecule has 0 heterocycles. The van der Waals surface area contributed by atoms with Gasteiger partial charge in [-0.25, -0.2) is 0 Å². The van der Waals surface area contributed by atoms with Gasteiger partial charge in [0.15, 0.2) is 0 Å². The minimum atomic E-state index is 0.0654. The summed E-state index contributed by atoms with van der Waals surface area (Å²) in [6.07, 6.45) is 0.411. The number of halogens is 2. The van der Waals surface area contributed by atoms with Gasteiger partial charge in [0, 0.05) is 27.1 Å². The second-order valence-electron chi connectivity index (χ2n) is 3.56. The van der Waals surface area contributed by atoms with Crippen molar-refractivity contribution in [1.82, 2.24) is 4.90 Å². The molecular formula is C11H14Cl2N2O. The molecule has 0 aromatic heterocycles. The molecule has 0 aliphatic heterocycles. The van der Waals surface area contributed by atoms with Gasteiger partial charge in [-0.2, -0.15) is 0 Å². The Morgan fingerprint density at radius 2 is 1.88 bits per heavy atom. The number of para-hydroxylation sites is 1. The van der Waals surface area contributed by atoms with E-state index >= 15 is 0 Å². The number of nitrogens with one attached hydrogen (secondary N) is 1. The van der Waals surface area contributed by atoms with Crippen LogP contribution in [0.4, 0.5) is 5.69 Å². The van der Waals surface area contributed by atoms with Gasteiger partial charge < -0.3 is 10.2 Å². The number of rotatable bonds is 4. The Bertz CT molecular complexity index is 360. The van der Waals surface area contributed by atoms with Crippen LogP contribution < -0.4 is 5.32 Å². The van der Waals surface area contributed by atoms with Crippen LogP contribution in [0.2, 0.25) is 10.0 Å². The van der Waals surface area contributed by atoms with E-state index < -0.39 is 0 Å². The van der Waals surface area contributed by atoms with Crippen molar-refractivity contribution in [3.8, 4) is 0 Å². The number of hydrogen-bond acceptors (Lipinski definition) is 2. The predicted octanol–water partition coefficient (Wildman–Crippen LogP) is 2.88. The van der Waals surface area contributed by atoms with Gasteiger partial charge in [0.05, 0.1) is 15.7 Å². The molecule has 0 aliphatic carbocycles. The van der Waals surface area contributed by atoms with E-state index in [9.17, 15) is 4.79 Å². The number of benzene rings is 1. The van der Waals surface area contributed by atoms with E-state index in [-0.39, 0.29) is 5.91 Å². The summed E-state index contributed by atoms with van der Waals surface area (Å²) < 4.78 is 0. The lowest BCUT2D eigenvalue weighted by Crippen LogP contribution is -2.23. The minimum Gasteiger partial charge on any atom is -0.382 e. The average molecular weight is 261 g/mol.